The van der Waals surface area contributed by atoms with E-state index < -0.39 is 6.10 Å². The molecule has 132 valence electrons. The maximum absolute atomic E-state index is 12.4. The molecule has 0 aliphatic carbocycles. The summed E-state index contributed by atoms with van der Waals surface area (Å²) in [6, 6.07) is 15.1. The van der Waals surface area contributed by atoms with Crippen LogP contribution >= 0.6 is 0 Å². The lowest BCUT2D eigenvalue weighted by molar-refractivity contribution is -0.122. The first-order valence-corrected chi connectivity index (χ1v) is 8.42. The van der Waals surface area contributed by atoms with E-state index >= 15 is 0 Å². The average Bonchev–Trinajstić information content (AvgIpc) is 2.61. The van der Waals surface area contributed by atoms with Crippen LogP contribution in [0.4, 0.5) is 5.69 Å². The Labute approximate surface area is 149 Å². The van der Waals surface area contributed by atoms with Gasteiger partial charge in [0.2, 0.25) is 0 Å². The first-order valence-electron chi connectivity index (χ1n) is 8.42. The van der Waals surface area contributed by atoms with Gasteiger partial charge in [0.15, 0.2) is 6.10 Å². The third-order valence-corrected chi connectivity index (χ3v) is 3.63. The van der Waals surface area contributed by atoms with Crippen molar-refractivity contribution in [2.75, 3.05) is 11.9 Å². The molecule has 0 radical (unpaired) electrons. The zero-order valence-corrected chi connectivity index (χ0v) is 15.0. The van der Waals surface area contributed by atoms with Crippen LogP contribution in [0.3, 0.4) is 0 Å². The molecule has 1 amide bonds. The summed E-state index contributed by atoms with van der Waals surface area (Å²) in [5.74, 6) is 1.05. The molecule has 2 rings (SSSR count). The van der Waals surface area contributed by atoms with Gasteiger partial charge in [-0.25, -0.2) is 0 Å². The van der Waals surface area contributed by atoms with Crippen LogP contribution in [0.2, 0.25) is 0 Å². The Hall–Kier alpha value is -2.75. The Balaban J connectivity index is 1.99. The molecule has 0 saturated carbocycles. The normalized spacial score (nSPS) is 11.5. The van der Waals surface area contributed by atoms with Crippen LogP contribution < -0.4 is 14.8 Å². The molecule has 1 atom stereocenters. The third kappa shape index (κ3) is 5.68. The highest BCUT2D eigenvalue weighted by Gasteiger charge is 2.16. The van der Waals surface area contributed by atoms with Gasteiger partial charge in [0.05, 0.1) is 5.69 Å². The number of rotatable bonds is 8. The van der Waals surface area contributed by atoms with Gasteiger partial charge < -0.3 is 14.8 Å². The Morgan fingerprint density at radius 1 is 1.16 bits per heavy atom. The number of aryl methyl sites for hydroxylation is 1. The average molecular weight is 339 g/mol. The maximum atomic E-state index is 12.4. The Morgan fingerprint density at radius 2 is 1.84 bits per heavy atom. The lowest BCUT2D eigenvalue weighted by Gasteiger charge is -2.17. The quantitative estimate of drug-likeness (QED) is 0.715. The fourth-order valence-electron chi connectivity index (χ4n) is 2.19. The molecule has 0 spiro atoms. The molecule has 1 N–H and O–H groups in total. The predicted octanol–water partition coefficient (Wildman–Crippen LogP) is 4.61. The molecule has 0 aromatic heterocycles. The third-order valence-electron chi connectivity index (χ3n) is 3.63. The van der Waals surface area contributed by atoms with E-state index in [4.69, 9.17) is 9.47 Å². The molecule has 1 unspecified atom stereocenters. The Bertz CT molecular complexity index is 722. The van der Waals surface area contributed by atoms with E-state index in [1.165, 1.54) is 5.56 Å². The number of hydrogen-bond donors (Lipinski definition) is 1. The van der Waals surface area contributed by atoms with Crippen LogP contribution in [0.25, 0.3) is 0 Å². The highest BCUT2D eigenvalue weighted by molar-refractivity contribution is 5.95. The molecule has 0 aliphatic heterocycles. The second-order valence-corrected chi connectivity index (χ2v) is 5.99. The zero-order chi connectivity index (χ0) is 18.2. The number of anilines is 1. The molecule has 0 bridgehead atoms. The summed E-state index contributed by atoms with van der Waals surface area (Å²) in [6.45, 7) is 9.93. The van der Waals surface area contributed by atoms with Crippen LogP contribution in [0.15, 0.2) is 60.7 Å². The van der Waals surface area contributed by atoms with Gasteiger partial charge in [0, 0.05) is 0 Å². The SMILES string of the molecule is C=C(C)COc1ccccc1NC(=O)C(C)Oc1ccc(CC)cc1. The molecule has 0 fully saturated rings. The van der Waals surface area contributed by atoms with Crippen LogP contribution in [0.1, 0.15) is 26.3 Å². The molecule has 0 saturated heterocycles. The highest BCUT2D eigenvalue weighted by atomic mass is 16.5. The molecule has 2 aromatic rings. The number of carbonyl (C=O) groups excluding carboxylic acids is 1. The first kappa shape index (κ1) is 18.6. The van der Waals surface area contributed by atoms with Gasteiger partial charge in [-0.1, -0.05) is 37.8 Å². The van der Waals surface area contributed by atoms with Gasteiger partial charge in [-0.2, -0.15) is 0 Å². The van der Waals surface area contributed by atoms with E-state index in [0.29, 0.717) is 23.8 Å². The van der Waals surface area contributed by atoms with E-state index in [-0.39, 0.29) is 5.91 Å². The summed E-state index contributed by atoms with van der Waals surface area (Å²) in [7, 11) is 0. The van der Waals surface area contributed by atoms with Gasteiger partial charge in [-0.05, 0) is 55.7 Å². The monoisotopic (exact) mass is 339 g/mol. The molecule has 25 heavy (non-hydrogen) atoms. The van der Waals surface area contributed by atoms with Crippen LogP contribution in [-0.2, 0) is 11.2 Å². The maximum Gasteiger partial charge on any atom is 0.265 e. The van der Waals surface area contributed by atoms with Gasteiger partial charge >= 0.3 is 0 Å². The molecule has 0 heterocycles. The minimum Gasteiger partial charge on any atom is -0.487 e. The molecule has 4 heteroatoms. The summed E-state index contributed by atoms with van der Waals surface area (Å²) in [5, 5.41) is 2.86. The molecule has 4 nitrogen and oxygen atoms in total. The Morgan fingerprint density at radius 3 is 2.48 bits per heavy atom. The second kappa shape index (κ2) is 8.92. The van der Waals surface area contributed by atoms with Crippen molar-refractivity contribution < 1.29 is 14.3 Å². The van der Waals surface area contributed by atoms with Crippen molar-refractivity contribution in [2.45, 2.75) is 33.3 Å². The number of carbonyl (C=O) groups is 1. The van der Waals surface area contributed by atoms with Crippen molar-refractivity contribution in [2.24, 2.45) is 0 Å². The van der Waals surface area contributed by atoms with Crippen molar-refractivity contribution in [1.82, 2.24) is 0 Å². The topological polar surface area (TPSA) is 47.6 Å². The number of ether oxygens (including phenoxy) is 2. The van der Waals surface area contributed by atoms with E-state index in [2.05, 4.69) is 18.8 Å². The van der Waals surface area contributed by atoms with E-state index in [0.717, 1.165) is 12.0 Å². The van der Waals surface area contributed by atoms with Crippen molar-refractivity contribution >= 4 is 11.6 Å². The van der Waals surface area contributed by atoms with Gasteiger partial charge in [0.25, 0.3) is 5.91 Å². The van der Waals surface area contributed by atoms with Crippen molar-refractivity contribution in [1.29, 1.82) is 0 Å². The summed E-state index contributed by atoms with van der Waals surface area (Å²) < 4.78 is 11.4. The lowest BCUT2D eigenvalue weighted by atomic mass is 10.2. The molecular weight excluding hydrogens is 314 g/mol. The second-order valence-electron chi connectivity index (χ2n) is 5.99. The van der Waals surface area contributed by atoms with E-state index in [1.807, 2.05) is 49.4 Å². The minimum absolute atomic E-state index is 0.231. The number of hydrogen-bond acceptors (Lipinski definition) is 3. The number of benzene rings is 2. The van der Waals surface area contributed by atoms with Crippen LogP contribution in [0, 0.1) is 0 Å². The highest BCUT2D eigenvalue weighted by Crippen LogP contribution is 2.24. The number of nitrogens with one attached hydrogen (secondary N) is 1. The fraction of sp³-hybridized carbons (Fsp3) is 0.286. The van der Waals surface area contributed by atoms with Crippen LogP contribution in [-0.4, -0.2) is 18.6 Å². The van der Waals surface area contributed by atoms with Crippen molar-refractivity contribution in [3.63, 3.8) is 0 Å². The summed E-state index contributed by atoms with van der Waals surface area (Å²) in [6.07, 6.45) is 0.346. The number of amides is 1. The van der Waals surface area contributed by atoms with Crippen molar-refractivity contribution in [3.05, 3.63) is 66.2 Å². The lowest BCUT2D eigenvalue weighted by Crippen LogP contribution is -2.30. The standard InChI is InChI=1S/C21H25NO3/c1-5-17-10-12-18(13-11-17)25-16(4)21(23)22-19-8-6-7-9-20(19)24-14-15(2)3/h6-13,16H,2,5,14H2,1,3-4H3,(H,22,23). The fourth-order valence-corrected chi connectivity index (χ4v) is 2.19. The molecular formula is C21H25NO3. The first-order chi connectivity index (χ1) is 12.0. The summed E-state index contributed by atoms with van der Waals surface area (Å²) in [5.41, 5.74) is 2.76. The molecule has 0 aliphatic rings. The Kier molecular flexibility index (Phi) is 6.63. The molecule has 2 aromatic carbocycles. The van der Waals surface area contributed by atoms with E-state index in [1.54, 1.807) is 13.0 Å². The van der Waals surface area contributed by atoms with E-state index in [9.17, 15) is 4.79 Å². The summed E-state index contributed by atoms with van der Waals surface area (Å²) >= 11 is 0. The van der Waals surface area contributed by atoms with Gasteiger partial charge in [-0.15, -0.1) is 0 Å². The van der Waals surface area contributed by atoms with Crippen LogP contribution in [0.5, 0.6) is 11.5 Å². The van der Waals surface area contributed by atoms with Gasteiger partial charge in [0.1, 0.15) is 18.1 Å². The smallest absolute Gasteiger partial charge is 0.265 e. The zero-order valence-electron chi connectivity index (χ0n) is 15.0. The van der Waals surface area contributed by atoms with Gasteiger partial charge in [-0.3, -0.25) is 4.79 Å². The van der Waals surface area contributed by atoms with Crippen molar-refractivity contribution in [3.8, 4) is 11.5 Å². The largest absolute Gasteiger partial charge is 0.487 e. The summed E-state index contributed by atoms with van der Waals surface area (Å²) in [4.78, 5) is 12.4. The predicted molar refractivity (Wildman–Crippen MR) is 101 cm³/mol. The minimum atomic E-state index is -0.623. The number of para-hydroxylation sites is 2.